The fourth-order valence-electron chi connectivity index (χ4n) is 1.95. The highest BCUT2D eigenvalue weighted by Gasteiger charge is 2.06. The minimum atomic E-state index is 0.717. The third-order valence-corrected chi connectivity index (χ3v) is 3.01. The fourth-order valence-corrected chi connectivity index (χ4v) is 2.22. The van der Waals surface area contributed by atoms with E-state index in [1.54, 1.807) is 6.07 Å². The maximum Gasteiger partial charge on any atom is 0.0429 e. The number of rotatable bonds is 7. The molecule has 3 nitrogen and oxygen atoms in total. The molecule has 1 aromatic carbocycles. The summed E-state index contributed by atoms with van der Waals surface area (Å²) in [5, 5.41) is 0.717. The quantitative estimate of drug-likeness (QED) is 0.773. The van der Waals surface area contributed by atoms with E-state index in [-0.39, 0.29) is 0 Å². The molecule has 0 aliphatic rings. The van der Waals surface area contributed by atoms with Crippen LogP contribution in [0.25, 0.3) is 0 Å². The number of benzene rings is 1. The molecule has 0 aromatic heterocycles. The molecule has 1 rings (SSSR count). The Kier molecular flexibility index (Phi) is 6.47. The van der Waals surface area contributed by atoms with E-state index in [9.17, 15) is 0 Å². The monoisotopic (exact) mass is 269 g/mol. The normalized spacial score (nSPS) is 11.4. The highest BCUT2D eigenvalue weighted by molar-refractivity contribution is 6.30. The van der Waals surface area contributed by atoms with Crippen LogP contribution in [0.2, 0.25) is 5.02 Å². The summed E-state index contributed by atoms with van der Waals surface area (Å²) in [6.45, 7) is 6.34. The lowest BCUT2D eigenvalue weighted by molar-refractivity contribution is 0.234. The molecule has 18 heavy (non-hydrogen) atoms. The number of halogens is 1. The van der Waals surface area contributed by atoms with Gasteiger partial charge in [-0.2, -0.15) is 0 Å². The maximum atomic E-state index is 6.03. The van der Waals surface area contributed by atoms with Crippen molar-refractivity contribution in [3.8, 4) is 0 Å². The van der Waals surface area contributed by atoms with Crippen molar-refractivity contribution in [3.05, 3.63) is 28.8 Å². The van der Waals surface area contributed by atoms with Gasteiger partial charge in [0.2, 0.25) is 0 Å². The van der Waals surface area contributed by atoms with Crippen molar-refractivity contribution < 1.29 is 0 Å². The second-order valence-electron chi connectivity index (χ2n) is 4.97. The largest absolute Gasteiger partial charge is 0.399 e. The van der Waals surface area contributed by atoms with Gasteiger partial charge >= 0.3 is 0 Å². The van der Waals surface area contributed by atoms with E-state index >= 15 is 0 Å². The minimum Gasteiger partial charge on any atom is -0.399 e. The smallest absolute Gasteiger partial charge is 0.0429 e. The van der Waals surface area contributed by atoms with Crippen molar-refractivity contribution in [2.75, 3.05) is 39.5 Å². The molecule has 0 atom stereocenters. The lowest BCUT2D eigenvalue weighted by atomic mass is 10.2. The van der Waals surface area contributed by atoms with Gasteiger partial charge in [0.15, 0.2) is 0 Å². The van der Waals surface area contributed by atoms with Gasteiger partial charge in [-0.15, -0.1) is 0 Å². The highest BCUT2D eigenvalue weighted by Crippen LogP contribution is 2.18. The molecular weight excluding hydrogens is 246 g/mol. The van der Waals surface area contributed by atoms with E-state index < -0.39 is 0 Å². The molecule has 1 aromatic rings. The molecule has 0 heterocycles. The summed E-state index contributed by atoms with van der Waals surface area (Å²) in [6, 6.07) is 5.79. The van der Waals surface area contributed by atoms with Gasteiger partial charge in [-0.3, -0.25) is 4.90 Å². The van der Waals surface area contributed by atoms with Crippen LogP contribution < -0.4 is 5.73 Å². The first-order valence-corrected chi connectivity index (χ1v) is 6.81. The van der Waals surface area contributed by atoms with Crippen molar-refractivity contribution in [2.45, 2.75) is 19.9 Å². The van der Waals surface area contributed by atoms with E-state index in [0.717, 1.165) is 38.3 Å². The molecule has 0 saturated carbocycles. The molecule has 0 fully saturated rings. The van der Waals surface area contributed by atoms with Crippen molar-refractivity contribution in [1.82, 2.24) is 9.80 Å². The summed E-state index contributed by atoms with van der Waals surface area (Å²) < 4.78 is 0. The Labute approximate surface area is 116 Å². The van der Waals surface area contributed by atoms with Crippen LogP contribution >= 0.6 is 11.6 Å². The standard InChI is InChI=1S/C14H24ClN3/c1-4-5-18(7-6-17(2)3)11-12-8-13(15)10-14(16)9-12/h8-10H,4-7,11,16H2,1-3H3. The van der Waals surface area contributed by atoms with Crippen molar-refractivity contribution in [2.24, 2.45) is 0 Å². The Balaban J connectivity index is 2.63. The van der Waals surface area contributed by atoms with Crippen LogP contribution in [0.15, 0.2) is 18.2 Å². The van der Waals surface area contributed by atoms with Crippen molar-refractivity contribution in [1.29, 1.82) is 0 Å². The van der Waals surface area contributed by atoms with E-state index in [1.165, 1.54) is 5.56 Å². The molecule has 4 heteroatoms. The van der Waals surface area contributed by atoms with E-state index in [2.05, 4.69) is 30.8 Å². The number of nitrogens with two attached hydrogens (primary N) is 1. The Morgan fingerprint density at radius 2 is 1.83 bits per heavy atom. The van der Waals surface area contributed by atoms with Crippen LogP contribution in [0.3, 0.4) is 0 Å². The number of nitrogen functional groups attached to an aromatic ring is 1. The van der Waals surface area contributed by atoms with Gasteiger partial charge in [-0.1, -0.05) is 18.5 Å². The Bertz CT molecular complexity index is 346. The average Bonchev–Trinajstić information content (AvgIpc) is 2.24. The predicted octanol–water partition coefficient (Wildman–Crippen LogP) is 2.70. The second kappa shape index (κ2) is 7.62. The van der Waals surface area contributed by atoms with Crippen LogP contribution in [0.4, 0.5) is 5.69 Å². The van der Waals surface area contributed by atoms with Gasteiger partial charge in [-0.25, -0.2) is 0 Å². The molecule has 0 aliphatic carbocycles. The first-order chi connectivity index (χ1) is 8.51. The summed E-state index contributed by atoms with van der Waals surface area (Å²) in [5.41, 5.74) is 7.74. The molecular formula is C14H24ClN3. The third kappa shape index (κ3) is 5.71. The van der Waals surface area contributed by atoms with E-state index in [1.807, 2.05) is 12.1 Å². The fraction of sp³-hybridized carbons (Fsp3) is 0.571. The molecule has 0 aliphatic heterocycles. The summed E-state index contributed by atoms with van der Waals surface area (Å²) >= 11 is 6.03. The van der Waals surface area contributed by atoms with Crippen LogP contribution in [0.1, 0.15) is 18.9 Å². The molecule has 0 spiro atoms. The van der Waals surface area contributed by atoms with Crippen LogP contribution in [-0.4, -0.2) is 43.5 Å². The Morgan fingerprint density at radius 1 is 1.11 bits per heavy atom. The van der Waals surface area contributed by atoms with Gasteiger partial charge in [0.05, 0.1) is 0 Å². The molecule has 0 bridgehead atoms. The van der Waals surface area contributed by atoms with Gasteiger partial charge in [0.1, 0.15) is 0 Å². The van der Waals surface area contributed by atoms with Gasteiger partial charge in [0, 0.05) is 30.3 Å². The minimum absolute atomic E-state index is 0.717. The van der Waals surface area contributed by atoms with Gasteiger partial charge < -0.3 is 10.6 Å². The third-order valence-electron chi connectivity index (χ3n) is 2.79. The Morgan fingerprint density at radius 3 is 2.39 bits per heavy atom. The zero-order chi connectivity index (χ0) is 13.5. The van der Waals surface area contributed by atoms with Crippen molar-refractivity contribution >= 4 is 17.3 Å². The van der Waals surface area contributed by atoms with Crippen LogP contribution in [-0.2, 0) is 6.54 Å². The maximum absolute atomic E-state index is 6.03. The zero-order valence-corrected chi connectivity index (χ0v) is 12.4. The number of nitrogens with zero attached hydrogens (tertiary/aromatic N) is 2. The number of hydrogen-bond donors (Lipinski definition) is 1. The summed E-state index contributed by atoms with van der Waals surface area (Å²) in [7, 11) is 4.20. The lowest BCUT2D eigenvalue weighted by Crippen LogP contribution is -2.32. The number of likely N-dealkylation sites (N-methyl/N-ethyl adjacent to an activating group) is 1. The summed E-state index contributed by atoms with van der Waals surface area (Å²) in [4.78, 5) is 4.64. The topological polar surface area (TPSA) is 32.5 Å². The number of hydrogen-bond acceptors (Lipinski definition) is 3. The molecule has 0 radical (unpaired) electrons. The Hall–Kier alpha value is -0.770. The van der Waals surface area contributed by atoms with Crippen LogP contribution in [0, 0.1) is 0 Å². The molecule has 0 unspecified atom stereocenters. The highest BCUT2D eigenvalue weighted by atomic mass is 35.5. The van der Waals surface area contributed by atoms with Crippen LogP contribution in [0.5, 0.6) is 0 Å². The predicted molar refractivity (Wildman–Crippen MR) is 80.0 cm³/mol. The molecule has 0 saturated heterocycles. The molecule has 102 valence electrons. The van der Waals surface area contributed by atoms with Gasteiger partial charge in [0.25, 0.3) is 0 Å². The number of anilines is 1. The summed E-state index contributed by atoms with van der Waals surface area (Å²) in [6.07, 6.45) is 1.16. The SMILES string of the molecule is CCCN(CCN(C)C)Cc1cc(N)cc(Cl)c1. The summed E-state index contributed by atoms with van der Waals surface area (Å²) in [5.74, 6) is 0. The first kappa shape index (κ1) is 15.3. The zero-order valence-electron chi connectivity index (χ0n) is 11.6. The van der Waals surface area contributed by atoms with Gasteiger partial charge in [-0.05, 0) is 50.8 Å². The van der Waals surface area contributed by atoms with Crippen molar-refractivity contribution in [3.63, 3.8) is 0 Å². The van der Waals surface area contributed by atoms with E-state index in [0.29, 0.717) is 5.02 Å². The lowest BCUT2D eigenvalue weighted by Gasteiger charge is -2.23. The second-order valence-corrected chi connectivity index (χ2v) is 5.41. The average molecular weight is 270 g/mol. The first-order valence-electron chi connectivity index (χ1n) is 6.43. The molecule has 0 amide bonds. The van der Waals surface area contributed by atoms with E-state index in [4.69, 9.17) is 17.3 Å². The molecule has 2 N–H and O–H groups in total.